The average molecular weight is 182 g/mol. The van der Waals surface area contributed by atoms with Crippen molar-refractivity contribution in [1.29, 1.82) is 5.26 Å². The van der Waals surface area contributed by atoms with E-state index in [1.165, 1.54) is 11.5 Å². The van der Waals surface area contributed by atoms with Crippen LogP contribution in [0.5, 0.6) is 0 Å². The minimum Gasteiger partial charge on any atom is -0.382 e. The van der Waals surface area contributed by atoms with E-state index in [0.717, 1.165) is 5.00 Å². The monoisotopic (exact) mass is 182 g/mol. The molecule has 0 spiro atoms. The van der Waals surface area contributed by atoms with Crippen LogP contribution in [0.15, 0.2) is 0 Å². The third-order valence-corrected chi connectivity index (χ3v) is 2.04. The number of aromatic nitrogens is 1. The summed E-state index contributed by atoms with van der Waals surface area (Å²) in [5, 5.41) is 12.6. The minimum absolute atomic E-state index is 0.289. The lowest BCUT2D eigenvalue weighted by Crippen LogP contribution is -2.09. The normalized spacial score (nSPS) is 9.83. The molecule has 0 aliphatic rings. The van der Waals surface area contributed by atoms with Gasteiger partial charge in [-0.2, -0.15) is 9.64 Å². The van der Waals surface area contributed by atoms with Crippen LogP contribution < -0.4 is 11.1 Å². The Kier molecular flexibility index (Phi) is 2.51. The maximum atomic E-state index is 8.70. The van der Waals surface area contributed by atoms with Crippen molar-refractivity contribution in [3.63, 3.8) is 0 Å². The number of hydrogen-bond acceptors (Lipinski definition) is 5. The summed E-state index contributed by atoms with van der Waals surface area (Å²) in [6.45, 7) is 3.99. The first-order valence-corrected chi connectivity index (χ1v) is 4.34. The fraction of sp³-hybridized carbons (Fsp3) is 0.429. The molecule has 0 radical (unpaired) electrons. The van der Waals surface area contributed by atoms with Gasteiger partial charge < -0.3 is 11.1 Å². The molecule has 0 amide bonds. The zero-order valence-corrected chi connectivity index (χ0v) is 7.77. The first kappa shape index (κ1) is 8.81. The molecule has 0 aliphatic heterocycles. The molecule has 0 fully saturated rings. The van der Waals surface area contributed by atoms with Gasteiger partial charge in [0.1, 0.15) is 16.6 Å². The van der Waals surface area contributed by atoms with E-state index >= 15 is 0 Å². The van der Waals surface area contributed by atoms with E-state index in [2.05, 4.69) is 9.69 Å². The van der Waals surface area contributed by atoms with Crippen molar-refractivity contribution in [1.82, 2.24) is 4.37 Å². The van der Waals surface area contributed by atoms with E-state index < -0.39 is 0 Å². The predicted molar refractivity (Wildman–Crippen MR) is 50.0 cm³/mol. The second-order valence-corrected chi connectivity index (χ2v) is 3.46. The Morgan fingerprint density at radius 1 is 1.67 bits per heavy atom. The average Bonchev–Trinajstić information content (AvgIpc) is 2.30. The molecule has 5 heteroatoms. The van der Waals surface area contributed by atoms with Crippen molar-refractivity contribution in [2.75, 3.05) is 11.1 Å². The lowest BCUT2D eigenvalue weighted by atomic mass is 10.3. The van der Waals surface area contributed by atoms with Gasteiger partial charge in [-0.05, 0) is 25.4 Å². The molecule has 1 aromatic heterocycles. The lowest BCUT2D eigenvalue weighted by Gasteiger charge is -2.05. The van der Waals surface area contributed by atoms with Gasteiger partial charge in [-0.3, -0.25) is 0 Å². The van der Waals surface area contributed by atoms with Gasteiger partial charge in [0, 0.05) is 6.04 Å². The molecular formula is C7H10N4S. The summed E-state index contributed by atoms with van der Waals surface area (Å²) in [5.41, 5.74) is 5.92. The largest absolute Gasteiger partial charge is 0.382 e. The fourth-order valence-electron chi connectivity index (χ4n) is 0.771. The Bertz CT molecular complexity index is 310. The van der Waals surface area contributed by atoms with Gasteiger partial charge in [-0.25, -0.2) is 0 Å². The number of nitrogen functional groups attached to an aromatic ring is 1. The second-order valence-electron chi connectivity index (χ2n) is 2.68. The van der Waals surface area contributed by atoms with Crippen LogP contribution in [0.25, 0.3) is 0 Å². The summed E-state index contributed by atoms with van der Waals surface area (Å²) in [4.78, 5) is 0. The van der Waals surface area contributed by atoms with Crippen molar-refractivity contribution < 1.29 is 0 Å². The number of nitriles is 1. The van der Waals surface area contributed by atoms with Crippen LogP contribution in [0.1, 0.15) is 19.4 Å². The molecule has 0 saturated heterocycles. The molecular weight excluding hydrogens is 172 g/mol. The Morgan fingerprint density at radius 3 is 2.83 bits per heavy atom. The molecule has 1 rings (SSSR count). The topological polar surface area (TPSA) is 74.7 Å². The molecule has 1 aromatic rings. The first-order chi connectivity index (χ1) is 5.65. The summed E-state index contributed by atoms with van der Waals surface area (Å²) in [6.07, 6.45) is 0. The molecule has 0 saturated carbocycles. The highest BCUT2D eigenvalue weighted by Crippen LogP contribution is 2.25. The van der Waals surface area contributed by atoms with Crippen LogP contribution in [0.3, 0.4) is 0 Å². The number of rotatable bonds is 2. The molecule has 64 valence electrons. The molecule has 3 N–H and O–H groups in total. The Balaban J connectivity index is 2.94. The van der Waals surface area contributed by atoms with Crippen LogP contribution in [0.2, 0.25) is 0 Å². The van der Waals surface area contributed by atoms with Crippen molar-refractivity contribution in [2.45, 2.75) is 19.9 Å². The minimum atomic E-state index is 0.289. The summed E-state index contributed by atoms with van der Waals surface area (Å²) >= 11 is 1.22. The van der Waals surface area contributed by atoms with Crippen LogP contribution in [0, 0.1) is 11.3 Å². The Hall–Kier alpha value is -1.28. The first-order valence-electron chi connectivity index (χ1n) is 3.57. The Labute approximate surface area is 75.2 Å². The smallest absolute Gasteiger partial charge is 0.157 e. The molecule has 0 bridgehead atoms. The van der Waals surface area contributed by atoms with Crippen molar-refractivity contribution >= 4 is 22.4 Å². The van der Waals surface area contributed by atoms with Crippen LogP contribution >= 0.6 is 11.5 Å². The quantitative estimate of drug-likeness (QED) is 0.725. The van der Waals surface area contributed by atoms with E-state index in [0.29, 0.717) is 11.4 Å². The standard InChI is InChI=1S/C7H10N4S/c1-4(2)10-7-5(3-8)6(9)11-12-7/h4,10H,1-2H3,(H2,9,11). The van der Waals surface area contributed by atoms with Crippen molar-refractivity contribution in [3.05, 3.63) is 5.56 Å². The van der Waals surface area contributed by atoms with Gasteiger partial charge >= 0.3 is 0 Å². The van der Waals surface area contributed by atoms with Crippen LogP contribution in [0.4, 0.5) is 10.8 Å². The second kappa shape index (κ2) is 3.41. The third-order valence-electron chi connectivity index (χ3n) is 1.25. The zero-order chi connectivity index (χ0) is 9.14. The molecule has 4 nitrogen and oxygen atoms in total. The molecule has 12 heavy (non-hydrogen) atoms. The van der Waals surface area contributed by atoms with E-state index in [1.54, 1.807) is 0 Å². The number of nitrogens with zero attached hydrogens (tertiary/aromatic N) is 2. The third kappa shape index (κ3) is 1.66. The van der Waals surface area contributed by atoms with Gasteiger partial charge in [0.15, 0.2) is 5.82 Å². The molecule has 0 atom stereocenters. The lowest BCUT2D eigenvalue weighted by molar-refractivity contribution is 0.904. The summed E-state index contributed by atoms with van der Waals surface area (Å²) in [6, 6.07) is 2.30. The zero-order valence-electron chi connectivity index (χ0n) is 6.96. The van der Waals surface area contributed by atoms with Gasteiger partial charge in [0.25, 0.3) is 0 Å². The van der Waals surface area contributed by atoms with E-state index in [9.17, 15) is 0 Å². The molecule has 0 aromatic carbocycles. The van der Waals surface area contributed by atoms with Gasteiger partial charge in [0.2, 0.25) is 0 Å². The van der Waals surface area contributed by atoms with Gasteiger partial charge in [-0.15, -0.1) is 0 Å². The van der Waals surface area contributed by atoms with E-state index in [1.807, 2.05) is 19.9 Å². The molecule has 0 aliphatic carbocycles. The number of anilines is 2. The predicted octanol–water partition coefficient (Wildman–Crippen LogP) is 1.42. The maximum Gasteiger partial charge on any atom is 0.157 e. The highest BCUT2D eigenvalue weighted by molar-refractivity contribution is 7.10. The van der Waals surface area contributed by atoms with Crippen LogP contribution in [-0.4, -0.2) is 10.4 Å². The van der Waals surface area contributed by atoms with E-state index in [-0.39, 0.29) is 6.04 Å². The highest BCUT2D eigenvalue weighted by Gasteiger charge is 2.10. The molecule has 1 heterocycles. The highest BCUT2D eigenvalue weighted by atomic mass is 32.1. The summed E-state index contributed by atoms with van der Waals surface area (Å²) < 4.78 is 3.87. The molecule has 0 unspecified atom stereocenters. The number of nitrogens with two attached hydrogens (primary N) is 1. The maximum absolute atomic E-state index is 8.70. The van der Waals surface area contributed by atoms with Gasteiger partial charge in [-0.1, -0.05) is 0 Å². The Morgan fingerprint density at radius 2 is 2.33 bits per heavy atom. The fourth-order valence-corrected chi connectivity index (χ4v) is 1.58. The van der Waals surface area contributed by atoms with Crippen LogP contribution in [-0.2, 0) is 0 Å². The summed E-state index contributed by atoms with van der Waals surface area (Å²) in [7, 11) is 0. The number of nitrogens with one attached hydrogen (secondary N) is 1. The van der Waals surface area contributed by atoms with Crippen molar-refractivity contribution in [3.8, 4) is 6.07 Å². The van der Waals surface area contributed by atoms with Crippen molar-refractivity contribution in [2.24, 2.45) is 0 Å². The SMILES string of the molecule is CC(C)Nc1snc(N)c1C#N. The summed E-state index contributed by atoms with van der Waals surface area (Å²) in [5.74, 6) is 0.311. The van der Waals surface area contributed by atoms with Gasteiger partial charge in [0.05, 0.1) is 0 Å². The van der Waals surface area contributed by atoms with E-state index in [4.69, 9.17) is 11.0 Å². The number of hydrogen-bond donors (Lipinski definition) is 2.